The highest BCUT2D eigenvalue weighted by molar-refractivity contribution is 5.81. The van der Waals surface area contributed by atoms with E-state index in [0.29, 0.717) is 19.6 Å². The van der Waals surface area contributed by atoms with Crippen LogP contribution in [-0.4, -0.2) is 25.3 Å². The van der Waals surface area contributed by atoms with Crippen LogP contribution in [0.1, 0.15) is 27.2 Å². The van der Waals surface area contributed by atoms with Crippen molar-refractivity contribution in [2.45, 2.75) is 33.5 Å². The summed E-state index contributed by atoms with van der Waals surface area (Å²) in [6.07, 6.45) is -0.131. The van der Waals surface area contributed by atoms with Crippen molar-refractivity contribution in [2.75, 3.05) is 13.2 Å². The summed E-state index contributed by atoms with van der Waals surface area (Å²) in [6.45, 7) is 7.13. The topological polar surface area (TPSA) is 35.5 Å². The predicted molar refractivity (Wildman–Crippen MR) is 44.8 cm³/mol. The van der Waals surface area contributed by atoms with Gasteiger partial charge >= 0.3 is 0 Å². The molecule has 1 heterocycles. The lowest BCUT2D eigenvalue weighted by atomic mass is 9.95. The average molecular weight is 172 g/mol. The molecule has 1 aliphatic rings. The van der Waals surface area contributed by atoms with Gasteiger partial charge in [0.05, 0.1) is 13.2 Å². The van der Waals surface area contributed by atoms with Crippen LogP contribution in [0.2, 0.25) is 0 Å². The van der Waals surface area contributed by atoms with Gasteiger partial charge in [-0.15, -0.1) is 0 Å². The molecule has 0 spiro atoms. The van der Waals surface area contributed by atoms with Gasteiger partial charge in [-0.05, 0) is 0 Å². The zero-order valence-electron chi connectivity index (χ0n) is 7.92. The van der Waals surface area contributed by atoms with E-state index in [1.807, 2.05) is 6.92 Å². The SMILES string of the molecule is CCC(=O)C1OCC(C)(C)CO1. The summed E-state index contributed by atoms with van der Waals surface area (Å²) in [5.74, 6) is 0.0329. The number of Topliss-reactive ketones (excluding diaryl/α,β-unsaturated/α-hetero) is 1. The van der Waals surface area contributed by atoms with Crippen molar-refractivity contribution >= 4 is 5.78 Å². The molecule has 3 heteroatoms. The Kier molecular flexibility index (Phi) is 2.85. The molecule has 0 aliphatic carbocycles. The minimum absolute atomic E-state index is 0.0329. The lowest BCUT2D eigenvalue weighted by Gasteiger charge is -2.33. The van der Waals surface area contributed by atoms with Crippen LogP contribution >= 0.6 is 0 Å². The Labute approximate surface area is 73.0 Å². The monoisotopic (exact) mass is 172 g/mol. The molecular formula is C9H16O3. The first-order valence-corrected chi connectivity index (χ1v) is 4.31. The maximum Gasteiger partial charge on any atom is 0.217 e. The zero-order chi connectivity index (χ0) is 9.19. The van der Waals surface area contributed by atoms with Gasteiger partial charge in [-0.3, -0.25) is 4.79 Å². The average Bonchev–Trinajstić information content (AvgIpc) is 2.03. The number of rotatable bonds is 2. The summed E-state index contributed by atoms with van der Waals surface area (Å²) in [4.78, 5) is 11.1. The van der Waals surface area contributed by atoms with Gasteiger partial charge in [0.2, 0.25) is 6.29 Å². The molecule has 3 nitrogen and oxygen atoms in total. The molecule has 0 amide bonds. The van der Waals surface area contributed by atoms with Gasteiger partial charge in [0.25, 0.3) is 0 Å². The van der Waals surface area contributed by atoms with Crippen LogP contribution in [0.4, 0.5) is 0 Å². The summed E-state index contributed by atoms with van der Waals surface area (Å²) in [7, 11) is 0. The second-order valence-electron chi connectivity index (χ2n) is 3.94. The van der Waals surface area contributed by atoms with Crippen molar-refractivity contribution in [3.63, 3.8) is 0 Å². The third-order valence-corrected chi connectivity index (χ3v) is 1.86. The van der Waals surface area contributed by atoms with E-state index in [1.165, 1.54) is 0 Å². The second-order valence-corrected chi connectivity index (χ2v) is 3.94. The van der Waals surface area contributed by atoms with E-state index in [0.717, 1.165) is 0 Å². The lowest BCUT2D eigenvalue weighted by Crippen LogP contribution is -2.41. The van der Waals surface area contributed by atoms with Crippen molar-refractivity contribution in [1.82, 2.24) is 0 Å². The van der Waals surface area contributed by atoms with E-state index in [1.54, 1.807) is 0 Å². The van der Waals surface area contributed by atoms with Crippen LogP contribution < -0.4 is 0 Å². The number of carbonyl (C=O) groups is 1. The smallest absolute Gasteiger partial charge is 0.217 e. The fourth-order valence-electron chi connectivity index (χ4n) is 1.04. The maximum atomic E-state index is 11.1. The van der Waals surface area contributed by atoms with Gasteiger partial charge in [0.15, 0.2) is 5.78 Å². The number of ether oxygens (including phenoxy) is 2. The van der Waals surface area contributed by atoms with E-state index in [9.17, 15) is 4.79 Å². The van der Waals surface area contributed by atoms with E-state index in [-0.39, 0.29) is 11.2 Å². The normalized spacial score (nSPS) is 23.9. The molecule has 0 unspecified atom stereocenters. The first-order chi connectivity index (χ1) is 5.55. The van der Waals surface area contributed by atoms with Gasteiger partial charge in [-0.25, -0.2) is 0 Å². The summed E-state index contributed by atoms with van der Waals surface area (Å²) >= 11 is 0. The number of hydrogen-bond acceptors (Lipinski definition) is 3. The van der Waals surface area contributed by atoms with Gasteiger partial charge < -0.3 is 9.47 Å². The van der Waals surface area contributed by atoms with Crippen molar-refractivity contribution in [1.29, 1.82) is 0 Å². The third-order valence-electron chi connectivity index (χ3n) is 1.86. The molecule has 0 radical (unpaired) electrons. The van der Waals surface area contributed by atoms with Crippen molar-refractivity contribution < 1.29 is 14.3 Å². The Morgan fingerprint density at radius 3 is 2.33 bits per heavy atom. The molecule has 1 saturated heterocycles. The van der Waals surface area contributed by atoms with E-state index in [4.69, 9.17) is 9.47 Å². The molecule has 70 valence electrons. The van der Waals surface area contributed by atoms with Crippen molar-refractivity contribution in [3.05, 3.63) is 0 Å². The highest BCUT2D eigenvalue weighted by atomic mass is 16.7. The zero-order valence-corrected chi connectivity index (χ0v) is 7.92. The van der Waals surface area contributed by atoms with Gasteiger partial charge in [-0.2, -0.15) is 0 Å². The molecular weight excluding hydrogens is 156 g/mol. The van der Waals surface area contributed by atoms with E-state index >= 15 is 0 Å². The molecule has 0 saturated carbocycles. The molecule has 0 atom stereocenters. The summed E-state index contributed by atoms with van der Waals surface area (Å²) in [5.41, 5.74) is 0.0462. The van der Waals surface area contributed by atoms with Crippen LogP contribution in [0.5, 0.6) is 0 Å². The van der Waals surface area contributed by atoms with E-state index in [2.05, 4.69) is 13.8 Å². The first kappa shape index (κ1) is 9.68. The van der Waals surface area contributed by atoms with Gasteiger partial charge in [0, 0.05) is 11.8 Å². The van der Waals surface area contributed by atoms with Crippen molar-refractivity contribution in [3.8, 4) is 0 Å². The summed E-state index contributed by atoms with van der Waals surface area (Å²) < 4.78 is 10.5. The standard InChI is InChI=1S/C9H16O3/c1-4-7(10)8-11-5-9(2,3)6-12-8/h8H,4-6H2,1-3H3. The largest absolute Gasteiger partial charge is 0.345 e. The molecule has 1 rings (SSSR count). The molecule has 0 N–H and O–H groups in total. The number of ketones is 1. The summed E-state index contributed by atoms with van der Waals surface area (Å²) in [6, 6.07) is 0. The van der Waals surface area contributed by atoms with Crippen LogP contribution in [0.15, 0.2) is 0 Å². The third kappa shape index (κ3) is 2.29. The fourth-order valence-corrected chi connectivity index (χ4v) is 1.04. The van der Waals surface area contributed by atoms with E-state index < -0.39 is 6.29 Å². The molecule has 0 aromatic rings. The van der Waals surface area contributed by atoms with Gasteiger partial charge in [0.1, 0.15) is 0 Å². The van der Waals surface area contributed by atoms with Gasteiger partial charge in [-0.1, -0.05) is 20.8 Å². The van der Waals surface area contributed by atoms with Crippen LogP contribution in [0, 0.1) is 5.41 Å². The lowest BCUT2D eigenvalue weighted by molar-refractivity contribution is -0.217. The molecule has 12 heavy (non-hydrogen) atoms. The Balaban J connectivity index is 2.41. The minimum atomic E-state index is -0.608. The first-order valence-electron chi connectivity index (χ1n) is 4.31. The fraction of sp³-hybridized carbons (Fsp3) is 0.889. The maximum absolute atomic E-state index is 11.1. The molecule has 0 aromatic heterocycles. The second kappa shape index (κ2) is 3.54. The summed E-state index contributed by atoms with van der Waals surface area (Å²) in [5, 5.41) is 0. The van der Waals surface area contributed by atoms with Crippen LogP contribution in [-0.2, 0) is 14.3 Å². The highest BCUT2D eigenvalue weighted by Crippen LogP contribution is 2.23. The predicted octanol–water partition coefficient (Wildman–Crippen LogP) is 1.36. The Morgan fingerprint density at radius 1 is 1.42 bits per heavy atom. The van der Waals surface area contributed by atoms with Crippen molar-refractivity contribution in [2.24, 2.45) is 5.41 Å². The Bertz CT molecular complexity index is 165. The number of hydrogen-bond donors (Lipinski definition) is 0. The van der Waals surface area contributed by atoms with Crippen LogP contribution in [0.25, 0.3) is 0 Å². The quantitative estimate of drug-likeness (QED) is 0.631. The molecule has 1 fully saturated rings. The van der Waals surface area contributed by atoms with Crippen LogP contribution in [0.3, 0.4) is 0 Å². The minimum Gasteiger partial charge on any atom is -0.345 e. The molecule has 0 aromatic carbocycles. The molecule has 1 aliphatic heterocycles. The Hall–Kier alpha value is -0.410. The Morgan fingerprint density at radius 2 is 1.92 bits per heavy atom. The molecule has 0 bridgehead atoms. The highest BCUT2D eigenvalue weighted by Gasteiger charge is 2.31. The number of carbonyl (C=O) groups excluding carboxylic acids is 1.